The molecule has 76 valence electrons. The summed E-state index contributed by atoms with van der Waals surface area (Å²) < 4.78 is 0.499. The van der Waals surface area contributed by atoms with Gasteiger partial charge in [0.05, 0.1) is 4.58 Å². The number of carbonyl (C=O) groups is 1. The molecule has 1 nitrogen and oxygen atoms in total. The number of hydrogen-bond donors (Lipinski definition) is 0. The second-order valence-corrected chi connectivity index (χ2v) is 6.53. The molecule has 0 amide bonds. The molecule has 1 aliphatic rings. The van der Waals surface area contributed by atoms with Gasteiger partial charge in [0.25, 0.3) is 0 Å². The zero-order valence-corrected chi connectivity index (χ0v) is 10.0. The number of rotatable bonds is 4. The van der Waals surface area contributed by atoms with Crippen LogP contribution >= 0.6 is 23.5 Å². The van der Waals surface area contributed by atoms with Crippen LogP contribution in [0.4, 0.5) is 0 Å². The van der Waals surface area contributed by atoms with E-state index >= 15 is 0 Å². The van der Waals surface area contributed by atoms with Crippen molar-refractivity contribution in [1.29, 1.82) is 0 Å². The molecule has 0 spiro atoms. The average molecular weight is 218 g/mol. The van der Waals surface area contributed by atoms with Gasteiger partial charge in [0.1, 0.15) is 6.29 Å². The van der Waals surface area contributed by atoms with E-state index in [1.807, 2.05) is 23.5 Å². The molecule has 1 atom stereocenters. The quantitative estimate of drug-likeness (QED) is 0.675. The number of carbonyl (C=O) groups excluding carboxylic acids is 1. The van der Waals surface area contributed by atoms with Crippen LogP contribution in [0.15, 0.2) is 0 Å². The van der Waals surface area contributed by atoms with Gasteiger partial charge in [-0.2, -0.15) is 0 Å². The van der Waals surface area contributed by atoms with Crippen molar-refractivity contribution >= 4 is 29.8 Å². The van der Waals surface area contributed by atoms with E-state index in [1.54, 1.807) is 0 Å². The maximum Gasteiger partial charge on any atom is 0.127 e. The summed E-state index contributed by atoms with van der Waals surface area (Å²) in [6.07, 6.45) is 4.60. The Morgan fingerprint density at radius 2 is 2.08 bits per heavy atom. The first-order valence-corrected chi connectivity index (χ1v) is 7.02. The minimum atomic E-state index is -0.0928. The molecule has 13 heavy (non-hydrogen) atoms. The third-order valence-corrected chi connectivity index (χ3v) is 5.97. The van der Waals surface area contributed by atoms with E-state index < -0.39 is 0 Å². The maximum absolute atomic E-state index is 11.1. The molecule has 0 aromatic carbocycles. The van der Waals surface area contributed by atoms with E-state index in [1.165, 1.54) is 24.2 Å². The van der Waals surface area contributed by atoms with E-state index in [0.29, 0.717) is 4.58 Å². The first-order chi connectivity index (χ1) is 6.23. The fourth-order valence-corrected chi connectivity index (χ4v) is 4.94. The molecular formula is C10H18OS2. The Morgan fingerprint density at radius 1 is 1.46 bits per heavy atom. The number of aldehydes is 1. The van der Waals surface area contributed by atoms with Gasteiger partial charge in [-0.15, -0.1) is 23.5 Å². The molecule has 0 N–H and O–H groups in total. The SMILES string of the molecule is CCCC(C)(C=O)C1SCCCS1. The van der Waals surface area contributed by atoms with Crippen LogP contribution in [-0.4, -0.2) is 22.4 Å². The van der Waals surface area contributed by atoms with E-state index in [0.717, 1.165) is 12.8 Å². The normalized spacial score (nSPS) is 23.8. The first kappa shape index (κ1) is 11.4. The molecule has 3 heteroatoms. The molecule has 0 bridgehead atoms. The van der Waals surface area contributed by atoms with Crippen molar-refractivity contribution < 1.29 is 4.79 Å². The third kappa shape index (κ3) is 2.91. The Hall–Kier alpha value is 0.370. The van der Waals surface area contributed by atoms with Crippen molar-refractivity contribution in [3.63, 3.8) is 0 Å². The molecule has 0 saturated carbocycles. The smallest absolute Gasteiger partial charge is 0.127 e. The van der Waals surface area contributed by atoms with E-state index in [4.69, 9.17) is 0 Å². The molecule has 0 radical (unpaired) electrons. The summed E-state index contributed by atoms with van der Waals surface area (Å²) in [5.41, 5.74) is -0.0928. The predicted molar refractivity (Wildman–Crippen MR) is 62.4 cm³/mol. The van der Waals surface area contributed by atoms with Crippen LogP contribution in [0.1, 0.15) is 33.1 Å². The van der Waals surface area contributed by atoms with Gasteiger partial charge < -0.3 is 4.79 Å². The van der Waals surface area contributed by atoms with Gasteiger partial charge in [0, 0.05) is 5.41 Å². The summed E-state index contributed by atoms with van der Waals surface area (Å²) in [5, 5.41) is 0. The molecular weight excluding hydrogens is 200 g/mol. The summed E-state index contributed by atoms with van der Waals surface area (Å²) >= 11 is 3.93. The highest BCUT2D eigenvalue weighted by Crippen LogP contribution is 2.44. The Bertz CT molecular complexity index is 166. The molecule has 1 saturated heterocycles. The highest BCUT2D eigenvalue weighted by atomic mass is 32.2. The lowest BCUT2D eigenvalue weighted by atomic mass is 9.89. The van der Waals surface area contributed by atoms with Gasteiger partial charge in [-0.25, -0.2) is 0 Å². The van der Waals surface area contributed by atoms with Crippen molar-refractivity contribution in [3.05, 3.63) is 0 Å². The van der Waals surface area contributed by atoms with Crippen LogP contribution in [0.2, 0.25) is 0 Å². The molecule has 1 aliphatic heterocycles. The fraction of sp³-hybridized carbons (Fsp3) is 0.900. The zero-order chi connectivity index (χ0) is 9.73. The van der Waals surface area contributed by atoms with Crippen molar-refractivity contribution in [3.8, 4) is 0 Å². The van der Waals surface area contributed by atoms with Gasteiger partial charge >= 0.3 is 0 Å². The maximum atomic E-state index is 11.1. The summed E-state index contributed by atoms with van der Waals surface area (Å²) in [6.45, 7) is 4.26. The monoisotopic (exact) mass is 218 g/mol. The largest absolute Gasteiger partial charge is 0.303 e. The summed E-state index contributed by atoms with van der Waals surface area (Å²) in [7, 11) is 0. The van der Waals surface area contributed by atoms with Crippen LogP contribution in [0, 0.1) is 5.41 Å². The zero-order valence-electron chi connectivity index (χ0n) is 8.41. The fourth-order valence-electron chi connectivity index (χ4n) is 1.64. The van der Waals surface area contributed by atoms with Crippen LogP contribution in [0.3, 0.4) is 0 Å². The van der Waals surface area contributed by atoms with Gasteiger partial charge in [-0.3, -0.25) is 0 Å². The van der Waals surface area contributed by atoms with Crippen LogP contribution in [0.25, 0.3) is 0 Å². The predicted octanol–water partition coefficient (Wildman–Crippen LogP) is 3.19. The second kappa shape index (κ2) is 5.30. The van der Waals surface area contributed by atoms with E-state index in [-0.39, 0.29) is 5.41 Å². The van der Waals surface area contributed by atoms with Crippen molar-refractivity contribution in [2.75, 3.05) is 11.5 Å². The first-order valence-electron chi connectivity index (χ1n) is 4.92. The van der Waals surface area contributed by atoms with Crippen molar-refractivity contribution in [2.24, 2.45) is 5.41 Å². The molecule has 1 heterocycles. The second-order valence-electron chi connectivity index (χ2n) is 3.80. The van der Waals surface area contributed by atoms with Crippen molar-refractivity contribution in [1.82, 2.24) is 0 Å². The Labute approximate surface area is 89.4 Å². The summed E-state index contributed by atoms with van der Waals surface area (Å²) in [4.78, 5) is 11.1. The molecule has 1 rings (SSSR count). The van der Waals surface area contributed by atoms with Crippen LogP contribution < -0.4 is 0 Å². The van der Waals surface area contributed by atoms with Crippen LogP contribution in [0.5, 0.6) is 0 Å². The molecule has 0 aliphatic carbocycles. The van der Waals surface area contributed by atoms with Gasteiger partial charge in [-0.1, -0.05) is 20.3 Å². The topological polar surface area (TPSA) is 17.1 Å². The standard InChI is InChI=1S/C10H18OS2/c1-3-5-10(2,8-11)9-12-6-4-7-13-9/h8-9H,3-7H2,1-2H3. The molecule has 0 aromatic heterocycles. The molecule has 0 aromatic rings. The Balaban J connectivity index is 2.56. The highest BCUT2D eigenvalue weighted by molar-refractivity contribution is 8.17. The number of hydrogen-bond acceptors (Lipinski definition) is 3. The van der Waals surface area contributed by atoms with Gasteiger partial charge in [-0.05, 0) is 24.3 Å². The average Bonchev–Trinajstić information content (AvgIpc) is 2.19. The minimum Gasteiger partial charge on any atom is -0.303 e. The van der Waals surface area contributed by atoms with Gasteiger partial charge in [0.2, 0.25) is 0 Å². The lowest BCUT2D eigenvalue weighted by molar-refractivity contribution is -0.115. The third-order valence-electron chi connectivity index (χ3n) is 2.42. The highest BCUT2D eigenvalue weighted by Gasteiger charge is 2.35. The molecule has 1 unspecified atom stereocenters. The van der Waals surface area contributed by atoms with E-state index in [2.05, 4.69) is 13.8 Å². The summed E-state index contributed by atoms with van der Waals surface area (Å²) in [6, 6.07) is 0. The minimum absolute atomic E-state index is 0.0928. The van der Waals surface area contributed by atoms with E-state index in [9.17, 15) is 4.79 Å². The lowest BCUT2D eigenvalue weighted by Gasteiger charge is -2.34. The molecule has 1 fully saturated rings. The lowest BCUT2D eigenvalue weighted by Crippen LogP contribution is -2.31. The van der Waals surface area contributed by atoms with Gasteiger partial charge in [0.15, 0.2) is 0 Å². The Kier molecular flexibility index (Phi) is 4.67. The van der Waals surface area contributed by atoms with Crippen LogP contribution in [-0.2, 0) is 4.79 Å². The number of thioether (sulfide) groups is 2. The summed E-state index contributed by atoms with van der Waals surface area (Å²) in [5.74, 6) is 2.45. The van der Waals surface area contributed by atoms with Crippen molar-refractivity contribution in [2.45, 2.75) is 37.7 Å². The Morgan fingerprint density at radius 3 is 2.54 bits per heavy atom.